The molecule has 1 N–H and O–H groups in total. The van der Waals surface area contributed by atoms with Crippen molar-refractivity contribution in [1.29, 1.82) is 0 Å². The summed E-state index contributed by atoms with van der Waals surface area (Å²) in [5, 5.41) is 3.95. The van der Waals surface area contributed by atoms with E-state index in [9.17, 15) is 4.79 Å². The van der Waals surface area contributed by atoms with E-state index in [2.05, 4.69) is 40.3 Å². The highest BCUT2D eigenvalue weighted by atomic mass is 32.1. The molecule has 35 heavy (non-hydrogen) atoms. The van der Waals surface area contributed by atoms with E-state index in [4.69, 9.17) is 4.98 Å². The summed E-state index contributed by atoms with van der Waals surface area (Å²) in [4.78, 5) is 24.3. The zero-order valence-corrected chi connectivity index (χ0v) is 22.1. The van der Waals surface area contributed by atoms with Crippen LogP contribution in [0.4, 0.5) is 13.6 Å². The normalized spacial score (nSPS) is 29.9. The quantitative estimate of drug-likeness (QED) is 0.647. The highest BCUT2D eigenvalue weighted by molar-refractivity contribution is 7.05. The fourth-order valence-electron chi connectivity index (χ4n) is 5.96. The number of likely N-dealkylation sites (tertiary alicyclic amines) is 1. The second-order valence-corrected chi connectivity index (χ2v) is 12.4. The maximum Gasteiger partial charge on any atom is 0.317 e. The summed E-state index contributed by atoms with van der Waals surface area (Å²) in [6.07, 6.45) is 4.97. The Morgan fingerprint density at radius 3 is 2.37 bits per heavy atom. The van der Waals surface area contributed by atoms with Crippen molar-refractivity contribution >= 4 is 17.6 Å². The fraction of sp³-hybridized carbons (Fsp3) is 0.880. The number of aromatic nitrogens is 2. The van der Waals surface area contributed by atoms with Crippen LogP contribution in [0.1, 0.15) is 82.5 Å². The van der Waals surface area contributed by atoms with Crippen molar-refractivity contribution in [1.82, 2.24) is 29.4 Å². The first-order chi connectivity index (χ1) is 16.7. The number of piperidine rings is 1. The summed E-state index contributed by atoms with van der Waals surface area (Å²) in [5.74, 6) is -1.40. The number of urea groups is 1. The van der Waals surface area contributed by atoms with Crippen LogP contribution in [-0.2, 0) is 5.41 Å². The van der Waals surface area contributed by atoms with E-state index in [-0.39, 0.29) is 23.9 Å². The molecule has 0 aromatic carbocycles. The van der Waals surface area contributed by atoms with E-state index in [1.807, 2.05) is 0 Å². The third-order valence-corrected chi connectivity index (χ3v) is 9.62. The third kappa shape index (κ3) is 5.34. The molecule has 7 nitrogen and oxygen atoms in total. The summed E-state index contributed by atoms with van der Waals surface area (Å²) in [5.41, 5.74) is -0.159. The molecule has 2 aliphatic carbocycles. The van der Waals surface area contributed by atoms with Gasteiger partial charge in [-0.05, 0) is 63.9 Å². The number of halogens is 2. The Hall–Kier alpha value is -1.39. The van der Waals surface area contributed by atoms with Gasteiger partial charge in [0, 0.05) is 69.1 Å². The van der Waals surface area contributed by atoms with Gasteiger partial charge < -0.3 is 10.2 Å². The average molecular weight is 511 g/mol. The zero-order chi connectivity index (χ0) is 24.8. The van der Waals surface area contributed by atoms with Crippen molar-refractivity contribution in [3.05, 3.63) is 10.8 Å². The number of carbonyl (C=O) groups is 1. The summed E-state index contributed by atoms with van der Waals surface area (Å²) in [6.45, 7) is 10.9. The van der Waals surface area contributed by atoms with E-state index >= 15 is 8.78 Å². The number of hydrogen-bond acceptors (Lipinski definition) is 6. The lowest BCUT2D eigenvalue weighted by molar-refractivity contribution is -0.0973. The van der Waals surface area contributed by atoms with Gasteiger partial charge >= 0.3 is 6.03 Å². The molecule has 2 saturated carbocycles. The second-order valence-electron chi connectivity index (χ2n) is 11.6. The molecule has 1 aromatic rings. The first kappa shape index (κ1) is 25.3. The van der Waals surface area contributed by atoms with Crippen LogP contribution in [0.3, 0.4) is 0 Å². The van der Waals surface area contributed by atoms with Crippen LogP contribution in [0.15, 0.2) is 0 Å². The van der Waals surface area contributed by atoms with Crippen LogP contribution in [0.2, 0.25) is 0 Å². The molecule has 0 bridgehead atoms. The Kier molecular flexibility index (Phi) is 7.09. The molecule has 5 rings (SSSR count). The molecule has 1 aromatic heterocycles. The van der Waals surface area contributed by atoms with Crippen molar-refractivity contribution in [2.45, 2.75) is 101 Å². The minimum Gasteiger partial charge on any atom is -0.328 e. The lowest BCUT2D eigenvalue weighted by Crippen LogP contribution is -2.66. The molecule has 4 fully saturated rings. The zero-order valence-electron chi connectivity index (χ0n) is 21.3. The molecule has 2 atom stereocenters. The molecule has 2 amide bonds. The largest absolute Gasteiger partial charge is 0.328 e. The summed E-state index contributed by atoms with van der Waals surface area (Å²) < 4.78 is 34.9. The van der Waals surface area contributed by atoms with Gasteiger partial charge in [-0.25, -0.2) is 18.6 Å². The lowest BCUT2D eigenvalue weighted by Gasteiger charge is -2.48. The maximum absolute atomic E-state index is 15.1. The Bertz CT molecular complexity index is 890. The van der Waals surface area contributed by atoms with Gasteiger partial charge in [0.2, 0.25) is 0 Å². The monoisotopic (exact) mass is 510 g/mol. The Balaban J connectivity index is 1.20. The van der Waals surface area contributed by atoms with E-state index < -0.39 is 12.0 Å². The number of piperazine rings is 1. The number of rotatable bonds is 5. The molecule has 2 aliphatic heterocycles. The Morgan fingerprint density at radius 1 is 1.06 bits per heavy atom. The van der Waals surface area contributed by atoms with E-state index in [0.717, 1.165) is 49.9 Å². The van der Waals surface area contributed by atoms with Crippen molar-refractivity contribution in [3.63, 3.8) is 0 Å². The van der Waals surface area contributed by atoms with Gasteiger partial charge in [0.05, 0.1) is 0 Å². The third-order valence-electron chi connectivity index (χ3n) is 8.74. The van der Waals surface area contributed by atoms with E-state index in [1.54, 1.807) is 4.90 Å². The highest BCUT2D eigenvalue weighted by Gasteiger charge is 2.50. The van der Waals surface area contributed by atoms with Gasteiger partial charge in [-0.1, -0.05) is 6.92 Å². The van der Waals surface area contributed by atoms with Gasteiger partial charge in [0.25, 0.3) is 5.92 Å². The van der Waals surface area contributed by atoms with Gasteiger partial charge in [0.15, 0.2) is 0 Å². The van der Waals surface area contributed by atoms with Crippen LogP contribution in [0.5, 0.6) is 0 Å². The second kappa shape index (κ2) is 9.82. The van der Waals surface area contributed by atoms with Gasteiger partial charge in [-0.2, -0.15) is 4.37 Å². The number of carbonyl (C=O) groups excluding carboxylic acids is 1. The molecule has 4 aliphatic rings. The SMILES string of the molecule is CC(C)N1CCN([C@H]2CCCC(F)(F)[C@@H]2NC(=O)N2CCC(C)(c3nsc(C4CC4)n3)CC2)CC1. The minimum atomic E-state index is -2.89. The molecule has 3 heterocycles. The first-order valence-electron chi connectivity index (χ1n) is 13.4. The summed E-state index contributed by atoms with van der Waals surface area (Å²) >= 11 is 1.51. The number of amides is 2. The number of alkyl halides is 2. The predicted octanol–water partition coefficient (Wildman–Crippen LogP) is 4.06. The molecule has 2 saturated heterocycles. The molecule has 0 radical (unpaired) electrons. The smallest absolute Gasteiger partial charge is 0.317 e. The van der Waals surface area contributed by atoms with Crippen LogP contribution in [0, 0.1) is 0 Å². The highest BCUT2D eigenvalue weighted by Crippen LogP contribution is 2.43. The first-order valence-corrected chi connectivity index (χ1v) is 14.2. The van der Waals surface area contributed by atoms with Crippen molar-refractivity contribution < 1.29 is 13.6 Å². The molecular weight excluding hydrogens is 470 g/mol. The molecular formula is C25H40F2N6OS. The number of hydrogen-bond donors (Lipinski definition) is 1. The minimum absolute atomic E-state index is 0.155. The Labute approximate surface area is 211 Å². The predicted molar refractivity (Wildman–Crippen MR) is 133 cm³/mol. The number of nitrogens with one attached hydrogen (secondary N) is 1. The van der Waals surface area contributed by atoms with Gasteiger partial charge in [0.1, 0.15) is 16.9 Å². The maximum atomic E-state index is 15.1. The van der Waals surface area contributed by atoms with E-state index in [0.29, 0.717) is 37.9 Å². The van der Waals surface area contributed by atoms with E-state index in [1.165, 1.54) is 24.4 Å². The summed E-state index contributed by atoms with van der Waals surface area (Å²) in [7, 11) is 0. The van der Waals surface area contributed by atoms with Crippen molar-refractivity contribution in [3.8, 4) is 0 Å². The topological polar surface area (TPSA) is 64.6 Å². The molecule has 0 spiro atoms. The molecule has 0 unspecified atom stereocenters. The van der Waals surface area contributed by atoms with Crippen LogP contribution >= 0.6 is 11.5 Å². The molecule has 196 valence electrons. The summed E-state index contributed by atoms with van der Waals surface area (Å²) in [6, 6.07) is -1.34. The van der Waals surface area contributed by atoms with Crippen molar-refractivity contribution in [2.24, 2.45) is 0 Å². The van der Waals surface area contributed by atoms with Gasteiger partial charge in [-0.15, -0.1) is 0 Å². The van der Waals surface area contributed by atoms with Crippen LogP contribution in [0.25, 0.3) is 0 Å². The number of nitrogens with zero attached hydrogens (tertiary/aromatic N) is 5. The van der Waals surface area contributed by atoms with Crippen molar-refractivity contribution in [2.75, 3.05) is 39.3 Å². The van der Waals surface area contributed by atoms with Crippen LogP contribution < -0.4 is 5.32 Å². The van der Waals surface area contributed by atoms with Gasteiger partial charge in [-0.3, -0.25) is 9.80 Å². The lowest BCUT2D eigenvalue weighted by atomic mass is 9.79. The average Bonchev–Trinajstić information content (AvgIpc) is 3.56. The van der Waals surface area contributed by atoms with Crippen LogP contribution in [-0.4, -0.2) is 93.4 Å². The fourth-order valence-corrected chi connectivity index (χ4v) is 6.91. The molecule has 10 heteroatoms. The Morgan fingerprint density at radius 2 is 1.74 bits per heavy atom. The standard InChI is InChI=1S/C25H40F2N6OS/c1-17(2)31-13-15-32(16-14-31)19-5-4-8-25(26,27)20(19)28-23(34)33-11-9-24(3,10-12-33)22-29-21(35-30-22)18-6-7-18/h17-20H,4-16H2,1-3H3,(H,28,34)/t19-,20+/m0/s1.